The summed E-state index contributed by atoms with van der Waals surface area (Å²) < 4.78 is 26.8. The van der Waals surface area contributed by atoms with E-state index in [1.54, 1.807) is 13.0 Å². The molecule has 0 radical (unpaired) electrons. The van der Waals surface area contributed by atoms with Crippen molar-refractivity contribution >= 4 is 10.0 Å². The normalized spacial score (nSPS) is 24.8. The largest absolute Gasteiger partial charge is 0.393 e. The van der Waals surface area contributed by atoms with Crippen molar-refractivity contribution in [3.63, 3.8) is 0 Å². The molecule has 4 nitrogen and oxygen atoms in total. The van der Waals surface area contributed by atoms with Crippen molar-refractivity contribution in [2.24, 2.45) is 5.92 Å². The summed E-state index contributed by atoms with van der Waals surface area (Å²) in [6.45, 7) is 2.67. The molecule has 1 aliphatic carbocycles. The fraction of sp³-hybridized carbons (Fsp3) is 0.600. The summed E-state index contributed by atoms with van der Waals surface area (Å²) in [6.07, 6.45) is 3.45. The number of aliphatic hydroxyl groups excluding tert-OH is 1. The SMILES string of the molecule is CC(O)C1CCN(S(=O)(=O)c2ccc3c(c2)CCC3)C1. The summed E-state index contributed by atoms with van der Waals surface area (Å²) in [4.78, 5) is 0.407. The van der Waals surface area contributed by atoms with E-state index in [1.807, 2.05) is 12.1 Å². The number of hydrogen-bond donors (Lipinski definition) is 1. The molecule has 3 rings (SSSR count). The summed E-state index contributed by atoms with van der Waals surface area (Å²) in [5.41, 5.74) is 2.46. The second-order valence-corrected chi connectivity index (χ2v) is 7.87. The fourth-order valence-corrected chi connectivity index (χ4v) is 4.79. The monoisotopic (exact) mass is 295 g/mol. The first kappa shape index (κ1) is 14.0. The molecular formula is C15H21NO3S. The van der Waals surface area contributed by atoms with Gasteiger partial charge in [-0.25, -0.2) is 8.42 Å². The van der Waals surface area contributed by atoms with Crippen molar-refractivity contribution in [1.29, 1.82) is 0 Å². The minimum atomic E-state index is -3.40. The molecule has 20 heavy (non-hydrogen) atoms. The van der Waals surface area contributed by atoms with Gasteiger partial charge in [0.05, 0.1) is 11.0 Å². The number of aryl methyl sites for hydroxylation is 2. The molecule has 0 saturated carbocycles. The Labute approximate surface area is 120 Å². The summed E-state index contributed by atoms with van der Waals surface area (Å²) in [5, 5.41) is 9.61. The molecule has 0 aromatic heterocycles. The zero-order valence-corrected chi connectivity index (χ0v) is 12.6. The van der Waals surface area contributed by atoms with Crippen LogP contribution in [0.1, 0.15) is 30.9 Å². The predicted octanol–water partition coefficient (Wildman–Crippen LogP) is 1.57. The van der Waals surface area contributed by atoms with Gasteiger partial charge in [0, 0.05) is 13.1 Å². The first-order valence-electron chi connectivity index (χ1n) is 7.28. The molecule has 5 heteroatoms. The van der Waals surface area contributed by atoms with E-state index in [0.29, 0.717) is 18.0 Å². The molecule has 0 amide bonds. The van der Waals surface area contributed by atoms with Gasteiger partial charge in [-0.05, 0) is 61.8 Å². The van der Waals surface area contributed by atoms with E-state index in [1.165, 1.54) is 15.4 Å². The Balaban J connectivity index is 1.86. The smallest absolute Gasteiger partial charge is 0.243 e. The van der Waals surface area contributed by atoms with Crippen molar-refractivity contribution < 1.29 is 13.5 Å². The van der Waals surface area contributed by atoms with Crippen LogP contribution in [-0.2, 0) is 22.9 Å². The molecule has 1 aromatic rings. The van der Waals surface area contributed by atoms with Crippen LogP contribution in [0.4, 0.5) is 0 Å². The molecule has 1 aromatic carbocycles. The van der Waals surface area contributed by atoms with Crippen LogP contribution in [0.25, 0.3) is 0 Å². The van der Waals surface area contributed by atoms with Gasteiger partial charge in [0.1, 0.15) is 0 Å². The maximum absolute atomic E-state index is 12.6. The molecule has 0 bridgehead atoms. The van der Waals surface area contributed by atoms with Gasteiger partial charge >= 0.3 is 0 Å². The van der Waals surface area contributed by atoms with E-state index < -0.39 is 16.1 Å². The van der Waals surface area contributed by atoms with Gasteiger partial charge in [-0.2, -0.15) is 4.31 Å². The average molecular weight is 295 g/mol. The third kappa shape index (κ3) is 2.38. The van der Waals surface area contributed by atoms with Gasteiger partial charge in [-0.15, -0.1) is 0 Å². The number of nitrogens with zero attached hydrogens (tertiary/aromatic N) is 1. The molecule has 110 valence electrons. The number of sulfonamides is 1. The Hall–Kier alpha value is -0.910. The minimum absolute atomic E-state index is 0.0548. The van der Waals surface area contributed by atoms with Crippen molar-refractivity contribution in [1.82, 2.24) is 4.31 Å². The van der Waals surface area contributed by atoms with E-state index in [-0.39, 0.29) is 5.92 Å². The zero-order chi connectivity index (χ0) is 14.3. The number of aliphatic hydroxyl groups is 1. The number of benzene rings is 1. The standard InChI is InChI=1S/C15H21NO3S/c1-11(17)14-7-8-16(10-14)20(18,19)15-6-5-12-3-2-4-13(12)9-15/h5-6,9,11,14,17H,2-4,7-8,10H2,1H3. The van der Waals surface area contributed by atoms with Crippen LogP contribution < -0.4 is 0 Å². The second-order valence-electron chi connectivity index (χ2n) is 5.94. The maximum atomic E-state index is 12.6. The average Bonchev–Trinajstić information content (AvgIpc) is 3.07. The van der Waals surface area contributed by atoms with E-state index in [2.05, 4.69) is 0 Å². The lowest BCUT2D eigenvalue weighted by molar-refractivity contribution is 0.133. The molecule has 2 atom stereocenters. The van der Waals surface area contributed by atoms with Crippen molar-refractivity contribution in [2.45, 2.75) is 43.6 Å². The highest BCUT2D eigenvalue weighted by molar-refractivity contribution is 7.89. The van der Waals surface area contributed by atoms with E-state index in [4.69, 9.17) is 0 Å². The minimum Gasteiger partial charge on any atom is -0.393 e. The van der Waals surface area contributed by atoms with E-state index in [9.17, 15) is 13.5 Å². The first-order valence-corrected chi connectivity index (χ1v) is 8.72. The van der Waals surface area contributed by atoms with Gasteiger partial charge in [0.2, 0.25) is 10.0 Å². The lowest BCUT2D eigenvalue weighted by Crippen LogP contribution is -2.30. The topological polar surface area (TPSA) is 57.6 Å². The van der Waals surface area contributed by atoms with Gasteiger partial charge in [0.15, 0.2) is 0 Å². The highest BCUT2D eigenvalue weighted by Gasteiger charge is 2.34. The van der Waals surface area contributed by atoms with Crippen LogP contribution in [0, 0.1) is 5.92 Å². The first-order chi connectivity index (χ1) is 9.48. The van der Waals surface area contributed by atoms with Gasteiger partial charge in [0.25, 0.3) is 0 Å². The highest BCUT2D eigenvalue weighted by Crippen LogP contribution is 2.29. The maximum Gasteiger partial charge on any atom is 0.243 e. The molecule has 1 fully saturated rings. The summed E-state index contributed by atoms with van der Waals surface area (Å²) >= 11 is 0. The van der Waals surface area contributed by atoms with Gasteiger partial charge in [-0.1, -0.05) is 6.07 Å². The highest BCUT2D eigenvalue weighted by atomic mass is 32.2. The van der Waals surface area contributed by atoms with E-state index in [0.717, 1.165) is 25.7 Å². The number of fused-ring (bicyclic) bond motifs is 1. The van der Waals surface area contributed by atoms with Crippen molar-refractivity contribution in [3.05, 3.63) is 29.3 Å². The molecule has 1 saturated heterocycles. The molecule has 2 aliphatic rings. The van der Waals surface area contributed by atoms with E-state index >= 15 is 0 Å². The number of rotatable bonds is 3. The predicted molar refractivity (Wildman–Crippen MR) is 77.0 cm³/mol. The molecule has 0 spiro atoms. The van der Waals surface area contributed by atoms with Crippen LogP contribution in [0.3, 0.4) is 0 Å². The Morgan fingerprint density at radius 3 is 2.75 bits per heavy atom. The Morgan fingerprint density at radius 1 is 1.30 bits per heavy atom. The summed E-state index contributed by atoms with van der Waals surface area (Å²) in [7, 11) is -3.40. The lowest BCUT2D eigenvalue weighted by Gasteiger charge is -2.18. The summed E-state index contributed by atoms with van der Waals surface area (Å²) in [6, 6.07) is 5.53. The lowest BCUT2D eigenvalue weighted by atomic mass is 10.0. The molecular weight excluding hydrogens is 274 g/mol. The Kier molecular flexibility index (Phi) is 3.60. The Bertz CT molecular complexity index is 610. The van der Waals surface area contributed by atoms with Crippen LogP contribution in [-0.4, -0.2) is 37.0 Å². The molecule has 1 N–H and O–H groups in total. The Morgan fingerprint density at radius 2 is 2.05 bits per heavy atom. The van der Waals surface area contributed by atoms with Gasteiger partial charge in [-0.3, -0.25) is 0 Å². The van der Waals surface area contributed by atoms with Crippen LogP contribution in [0.2, 0.25) is 0 Å². The zero-order valence-electron chi connectivity index (χ0n) is 11.7. The third-order valence-electron chi connectivity index (χ3n) is 4.58. The third-order valence-corrected chi connectivity index (χ3v) is 6.44. The second kappa shape index (κ2) is 5.13. The van der Waals surface area contributed by atoms with Crippen molar-refractivity contribution in [2.75, 3.05) is 13.1 Å². The van der Waals surface area contributed by atoms with Crippen molar-refractivity contribution in [3.8, 4) is 0 Å². The van der Waals surface area contributed by atoms with Crippen LogP contribution >= 0.6 is 0 Å². The quantitative estimate of drug-likeness (QED) is 0.921. The van der Waals surface area contributed by atoms with Gasteiger partial charge < -0.3 is 5.11 Å². The summed E-state index contributed by atoms with van der Waals surface area (Å²) in [5.74, 6) is 0.0548. The van der Waals surface area contributed by atoms with Crippen LogP contribution in [0.15, 0.2) is 23.1 Å². The molecule has 1 heterocycles. The molecule has 1 aliphatic heterocycles. The fourth-order valence-electron chi connectivity index (χ4n) is 3.22. The number of hydrogen-bond acceptors (Lipinski definition) is 3. The molecule has 2 unspecified atom stereocenters. The van der Waals surface area contributed by atoms with Crippen LogP contribution in [0.5, 0.6) is 0 Å².